The number of ether oxygens (including phenoxy) is 1. The van der Waals surface area contributed by atoms with Crippen LogP contribution in [-0.2, 0) is 9.53 Å². The molecule has 2 N–H and O–H groups in total. The maximum absolute atomic E-state index is 13.7. The second kappa shape index (κ2) is 11.1. The summed E-state index contributed by atoms with van der Waals surface area (Å²) in [7, 11) is 1.46. The Hall–Kier alpha value is -3.79. The second-order valence-corrected chi connectivity index (χ2v) is 10.1. The van der Waals surface area contributed by atoms with E-state index in [1.54, 1.807) is 30.5 Å². The molecule has 39 heavy (non-hydrogen) atoms. The smallest absolute Gasteiger partial charge is 0.250 e. The van der Waals surface area contributed by atoms with Gasteiger partial charge in [-0.05, 0) is 92.3 Å². The largest absolute Gasteiger partial charge is 0.375 e. The molecule has 0 aliphatic carbocycles. The number of benzene rings is 2. The lowest BCUT2D eigenvalue weighted by Gasteiger charge is -2.28. The summed E-state index contributed by atoms with van der Waals surface area (Å²) in [5.74, 6) is -0.585. The van der Waals surface area contributed by atoms with Crippen molar-refractivity contribution in [2.45, 2.75) is 25.9 Å². The predicted octanol–water partition coefficient (Wildman–Crippen LogP) is 6.04. The number of nitrogens with one attached hydrogen (secondary N) is 2. The molecule has 5 rings (SSSR count). The van der Waals surface area contributed by atoms with Crippen LogP contribution in [-0.4, -0.2) is 34.3 Å². The highest BCUT2D eigenvalue weighted by molar-refractivity contribution is 7.80. The predicted molar refractivity (Wildman–Crippen MR) is 155 cm³/mol. The van der Waals surface area contributed by atoms with E-state index in [4.69, 9.17) is 28.6 Å². The Morgan fingerprint density at radius 3 is 2.54 bits per heavy atom. The van der Waals surface area contributed by atoms with E-state index in [0.717, 1.165) is 34.0 Å². The fourth-order valence-electron chi connectivity index (χ4n) is 5.10. The molecule has 2 aromatic heterocycles. The van der Waals surface area contributed by atoms with Gasteiger partial charge in [0, 0.05) is 36.1 Å². The van der Waals surface area contributed by atoms with Gasteiger partial charge in [-0.2, -0.15) is 0 Å². The molecule has 2 aromatic carbocycles. The molecule has 0 saturated carbocycles. The van der Waals surface area contributed by atoms with Gasteiger partial charge in [0.1, 0.15) is 12.4 Å². The van der Waals surface area contributed by atoms with Crippen LogP contribution in [0.1, 0.15) is 34.7 Å². The van der Waals surface area contributed by atoms with E-state index >= 15 is 0 Å². The van der Waals surface area contributed by atoms with Crippen LogP contribution < -0.4 is 15.5 Å². The summed E-state index contributed by atoms with van der Waals surface area (Å²) >= 11 is 12.5. The molecule has 1 aliphatic rings. The number of rotatable bonds is 7. The van der Waals surface area contributed by atoms with Crippen LogP contribution in [0.2, 0.25) is 5.02 Å². The number of hydrogen-bond donors (Lipinski definition) is 2. The van der Waals surface area contributed by atoms with Crippen molar-refractivity contribution in [2.75, 3.05) is 23.9 Å². The number of halogens is 2. The van der Waals surface area contributed by atoms with Crippen LogP contribution in [0.3, 0.4) is 0 Å². The molecule has 1 amide bonds. The number of carbonyl (C=O) groups is 1. The topological polar surface area (TPSA) is 71.4 Å². The van der Waals surface area contributed by atoms with Crippen molar-refractivity contribution in [2.24, 2.45) is 0 Å². The van der Waals surface area contributed by atoms with Gasteiger partial charge in [0.2, 0.25) is 5.91 Å². The van der Waals surface area contributed by atoms with Gasteiger partial charge in [-0.25, -0.2) is 4.39 Å². The number of thiocarbonyl (C=S) groups is 1. The van der Waals surface area contributed by atoms with Crippen LogP contribution in [0.4, 0.5) is 15.8 Å². The molecular formula is C29H27ClFN5O2S. The SMILES string of the molecule is COCC(=O)Nc1ccc(N2C(=S)N[C@@H](c3ccccn3)[C@@H]2c2cc(C)n(-c3ccc(F)cc3)c2C)cc1Cl. The van der Waals surface area contributed by atoms with Gasteiger partial charge in [-0.15, -0.1) is 0 Å². The highest BCUT2D eigenvalue weighted by Crippen LogP contribution is 2.44. The number of carbonyl (C=O) groups excluding carboxylic acids is 1. The van der Waals surface area contributed by atoms with Crippen LogP contribution in [0.25, 0.3) is 5.69 Å². The van der Waals surface area contributed by atoms with Gasteiger partial charge in [-0.1, -0.05) is 17.7 Å². The molecule has 0 unspecified atom stereocenters. The van der Waals surface area contributed by atoms with E-state index in [9.17, 15) is 9.18 Å². The molecule has 7 nitrogen and oxygen atoms in total. The van der Waals surface area contributed by atoms with Crippen molar-refractivity contribution in [1.82, 2.24) is 14.9 Å². The first-order valence-corrected chi connectivity index (χ1v) is 13.1. The number of amides is 1. The maximum atomic E-state index is 13.7. The molecule has 1 fully saturated rings. The Kier molecular flexibility index (Phi) is 7.65. The first-order valence-electron chi connectivity index (χ1n) is 12.3. The molecular weight excluding hydrogens is 537 g/mol. The highest BCUT2D eigenvalue weighted by atomic mass is 35.5. The van der Waals surface area contributed by atoms with E-state index in [0.29, 0.717) is 15.8 Å². The van der Waals surface area contributed by atoms with Crippen molar-refractivity contribution in [3.63, 3.8) is 0 Å². The van der Waals surface area contributed by atoms with Gasteiger partial charge in [0.05, 0.1) is 28.5 Å². The zero-order valence-corrected chi connectivity index (χ0v) is 23.2. The van der Waals surface area contributed by atoms with Crippen molar-refractivity contribution in [1.29, 1.82) is 0 Å². The first-order chi connectivity index (χ1) is 18.8. The van der Waals surface area contributed by atoms with E-state index in [1.807, 2.05) is 43.0 Å². The fraction of sp³-hybridized carbons (Fsp3) is 0.207. The molecule has 0 bridgehead atoms. The average molecular weight is 564 g/mol. The summed E-state index contributed by atoms with van der Waals surface area (Å²) in [5, 5.41) is 7.11. The number of nitrogens with zero attached hydrogens (tertiary/aromatic N) is 3. The van der Waals surface area contributed by atoms with Gasteiger partial charge < -0.3 is 24.8 Å². The summed E-state index contributed by atoms with van der Waals surface area (Å²) < 4.78 is 20.7. The first kappa shape index (κ1) is 26.8. The van der Waals surface area contributed by atoms with Gasteiger partial charge >= 0.3 is 0 Å². The van der Waals surface area contributed by atoms with Gasteiger partial charge in [0.15, 0.2) is 5.11 Å². The average Bonchev–Trinajstić information content (AvgIpc) is 3.41. The Morgan fingerprint density at radius 1 is 1.13 bits per heavy atom. The third kappa shape index (κ3) is 5.25. The van der Waals surface area contributed by atoms with E-state index in [1.165, 1.54) is 19.2 Å². The normalized spacial score (nSPS) is 16.8. The van der Waals surface area contributed by atoms with Crippen molar-refractivity contribution in [3.8, 4) is 5.69 Å². The minimum Gasteiger partial charge on any atom is -0.375 e. The standard InChI is InChI=1S/C29H27ClFN5O2S/c1-17-14-22(18(2)35(17)20-9-7-19(31)8-10-20)28-27(25-6-4-5-13-32-25)34-29(39)36(28)21-11-12-24(23(30)15-21)33-26(37)16-38-3/h4-15,27-28H,16H2,1-3H3,(H,33,37)(H,34,39)/t27-,28-/m0/s1. The summed E-state index contributed by atoms with van der Waals surface area (Å²) in [6, 6.07) is 19.3. The zero-order chi connectivity index (χ0) is 27.7. The van der Waals surface area contributed by atoms with Crippen LogP contribution >= 0.6 is 23.8 Å². The van der Waals surface area contributed by atoms with Crippen LogP contribution in [0, 0.1) is 19.7 Å². The summed E-state index contributed by atoms with van der Waals surface area (Å²) in [6.07, 6.45) is 1.76. The summed E-state index contributed by atoms with van der Waals surface area (Å²) in [5.41, 5.74) is 5.98. The number of anilines is 2. The van der Waals surface area contributed by atoms with Crippen LogP contribution in [0.15, 0.2) is 72.9 Å². The third-order valence-corrected chi connectivity index (χ3v) is 7.38. The molecule has 1 aliphatic heterocycles. The quantitative estimate of drug-likeness (QED) is 0.267. The van der Waals surface area contributed by atoms with Crippen molar-refractivity contribution < 1.29 is 13.9 Å². The van der Waals surface area contributed by atoms with E-state index in [2.05, 4.69) is 26.3 Å². The number of hydrogen-bond acceptors (Lipinski definition) is 4. The van der Waals surface area contributed by atoms with Crippen molar-refractivity contribution >= 4 is 46.2 Å². The molecule has 3 heterocycles. The molecule has 4 aromatic rings. The van der Waals surface area contributed by atoms with Crippen molar-refractivity contribution in [3.05, 3.63) is 106 Å². The Balaban J connectivity index is 1.60. The lowest BCUT2D eigenvalue weighted by molar-refractivity contribution is -0.119. The lowest BCUT2D eigenvalue weighted by atomic mass is 9.96. The van der Waals surface area contributed by atoms with Crippen LogP contribution in [0.5, 0.6) is 0 Å². The second-order valence-electron chi connectivity index (χ2n) is 9.28. The van der Waals surface area contributed by atoms with Gasteiger partial charge in [0.25, 0.3) is 0 Å². The summed E-state index contributed by atoms with van der Waals surface area (Å²) in [4.78, 5) is 18.7. The number of aryl methyl sites for hydroxylation is 1. The van der Waals surface area contributed by atoms with E-state index in [-0.39, 0.29) is 30.4 Å². The molecule has 1 saturated heterocycles. The lowest BCUT2D eigenvalue weighted by Crippen LogP contribution is -2.29. The molecule has 0 radical (unpaired) electrons. The minimum atomic E-state index is -0.299. The number of methoxy groups -OCH3 is 1. The monoisotopic (exact) mass is 563 g/mol. The maximum Gasteiger partial charge on any atom is 0.250 e. The number of pyridine rings is 1. The zero-order valence-electron chi connectivity index (χ0n) is 21.6. The molecule has 2 atom stereocenters. The Labute approximate surface area is 236 Å². The number of aromatic nitrogens is 2. The summed E-state index contributed by atoms with van der Waals surface area (Å²) in [6.45, 7) is 3.99. The Bertz CT molecular complexity index is 1530. The Morgan fingerprint density at radius 2 is 1.87 bits per heavy atom. The molecule has 10 heteroatoms. The fourth-order valence-corrected chi connectivity index (χ4v) is 5.66. The third-order valence-electron chi connectivity index (χ3n) is 6.75. The highest BCUT2D eigenvalue weighted by Gasteiger charge is 2.42. The minimum absolute atomic E-state index is 0.0737. The van der Waals surface area contributed by atoms with E-state index < -0.39 is 0 Å². The molecule has 0 spiro atoms. The molecule has 200 valence electrons. The van der Waals surface area contributed by atoms with Gasteiger partial charge in [-0.3, -0.25) is 9.78 Å².